The van der Waals surface area contributed by atoms with Gasteiger partial charge < -0.3 is 9.47 Å². The van der Waals surface area contributed by atoms with Gasteiger partial charge in [0.25, 0.3) is 0 Å². The molecule has 1 aromatic carbocycles. The number of aryl methyl sites for hydroxylation is 1. The highest BCUT2D eigenvalue weighted by Gasteiger charge is 2.39. The lowest BCUT2D eigenvalue weighted by atomic mass is 9.91. The summed E-state index contributed by atoms with van der Waals surface area (Å²) in [6.45, 7) is 6.99. The van der Waals surface area contributed by atoms with Crippen molar-refractivity contribution < 1.29 is 14.3 Å². The van der Waals surface area contributed by atoms with Crippen molar-refractivity contribution in [3.05, 3.63) is 29.3 Å². The van der Waals surface area contributed by atoms with E-state index < -0.39 is 5.60 Å². The summed E-state index contributed by atoms with van der Waals surface area (Å²) in [4.78, 5) is 12.6. The molecule has 1 aliphatic rings. The molecule has 0 amide bonds. The number of carbonyl (C=O) groups is 1. The van der Waals surface area contributed by atoms with Crippen LogP contribution in [0.2, 0.25) is 0 Å². The fourth-order valence-electron chi connectivity index (χ4n) is 2.35. The number of benzene rings is 1. The first kappa shape index (κ1) is 13.1. The second kappa shape index (κ2) is 5.11. The van der Waals surface area contributed by atoms with E-state index in [0.29, 0.717) is 24.5 Å². The largest absolute Gasteiger partial charge is 0.493 e. The van der Waals surface area contributed by atoms with Gasteiger partial charge in [0, 0.05) is 6.61 Å². The topological polar surface area (TPSA) is 35.5 Å². The number of ether oxygens (including phenoxy) is 2. The summed E-state index contributed by atoms with van der Waals surface area (Å²) in [5.74, 6) is 0.692. The van der Waals surface area contributed by atoms with Crippen molar-refractivity contribution in [1.82, 2.24) is 0 Å². The molecule has 18 heavy (non-hydrogen) atoms. The molecule has 1 fully saturated rings. The molecule has 0 spiro atoms. The lowest BCUT2D eigenvalue weighted by Gasteiger charge is -2.23. The van der Waals surface area contributed by atoms with Crippen LogP contribution in [0.3, 0.4) is 0 Å². The predicted octanol–water partition coefficient (Wildman–Crippen LogP) is 3.15. The van der Waals surface area contributed by atoms with Gasteiger partial charge in [0.05, 0.1) is 12.2 Å². The summed E-state index contributed by atoms with van der Waals surface area (Å²) < 4.78 is 11.2. The first-order valence-electron chi connectivity index (χ1n) is 6.49. The number of rotatable bonds is 4. The van der Waals surface area contributed by atoms with Crippen molar-refractivity contribution in [1.29, 1.82) is 0 Å². The van der Waals surface area contributed by atoms with Crippen LogP contribution in [0.1, 0.15) is 42.6 Å². The lowest BCUT2D eigenvalue weighted by Crippen LogP contribution is -2.34. The number of hydrogen-bond donors (Lipinski definition) is 0. The first-order chi connectivity index (χ1) is 8.57. The Bertz CT molecular complexity index is 445. The minimum atomic E-state index is -0.681. The highest BCUT2D eigenvalue weighted by atomic mass is 16.5. The zero-order chi connectivity index (χ0) is 13.2. The Balaban J connectivity index is 2.36. The van der Waals surface area contributed by atoms with E-state index in [4.69, 9.17) is 9.47 Å². The summed E-state index contributed by atoms with van der Waals surface area (Å²) in [5.41, 5.74) is 1.02. The van der Waals surface area contributed by atoms with Crippen molar-refractivity contribution in [3.8, 4) is 5.75 Å². The molecule has 1 unspecified atom stereocenters. The Hall–Kier alpha value is -1.35. The summed E-state index contributed by atoms with van der Waals surface area (Å²) in [6.07, 6.45) is 1.73. The van der Waals surface area contributed by atoms with Crippen LogP contribution in [0.15, 0.2) is 18.2 Å². The number of carbonyl (C=O) groups excluding carboxylic acids is 1. The second-order valence-electron chi connectivity index (χ2n) is 4.94. The van der Waals surface area contributed by atoms with Crippen LogP contribution in [-0.4, -0.2) is 24.6 Å². The van der Waals surface area contributed by atoms with E-state index in [0.717, 1.165) is 18.4 Å². The van der Waals surface area contributed by atoms with Crippen LogP contribution in [0.5, 0.6) is 5.75 Å². The van der Waals surface area contributed by atoms with Gasteiger partial charge in [-0.2, -0.15) is 0 Å². The number of Topliss-reactive ketones (excluding diaryl/α,β-unsaturated/α-hetero) is 1. The average molecular weight is 248 g/mol. The van der Waals surface area contributed by atoms with Crippen LogP contribution in [0.4, 0.5) is 0 Å². The molecule has 0 aromatic heterocycles. The van der Waals surface area contributed by atoms with E-state index in [1.807, 2.05) is 39.0 Å². The second-order valence-corrected chi connectivity index (χ2v) is 4.94. The molecule has 0 bridgehead atoms. The highest BCUT2D eigenvalue weighted by Crippen LogP contribution is 2.32. The Morgan fingerprint density at radius 3 is 2.89 bits per heavy atom. The first-order valence-corrected chi connectivity index (χ1v) is 6.49. The molecule has 1 saturated heterocycles. The van der Waals surface area contributed by atoms with Gasteiger partial charge in [0.15, 0.2) is 5.78 Å². The molecule has 3 nitrogen and oxygen atoms in total. The zero-order valence-electron chi connectivity index (χ0n) is 11.3. The van der Waals surface area contributed by atoms with Gasteiger partial charge >= 0.3 is 0 Å². The summed E-state index contributed by atoms with van der Waals surface area (Å²) in [5, 5.41) is 0. The number of ketones is 1. The van der Waals surface area contributed by atoms with Gasteiger partial charge in [-0.1, -0.05) is 11.6 Å². The van der Waals surface area contributed by atoms with Crippen molar-refractivity contribution in [2.45, 2.75) is 39.2 Å². The summed E-state index contributed by atoms with van der Waals surface area (Å²) >= 11 is 0. The van der Waals surface area contributed by atoms with Crippen molar-refractivity contribution in [2.75, 3.05) is 13.2 Å². The quantitative estimate of drug-likeness (QED) is 0.768. The third-order valence-electron chi connectivity index (χ3n) is 3.38. The molecule has 0 N–H and O–H groups in total. The Labute approximate surface area is 108 Å². The molecule has 98 valence electrons. The SMILES string of the molecule is CCOc1ccc(C)cc1C(=O)C1(C)CCCO1. The molecule has 1 atom stereocenters. The Morgan fingerprint density at radius 2 is 2.28 bits per heavy atom. The van der Waals surface area contributed by atoms with Crippen LogP contribution in [0, 0.1) is 6.92 Å². The molecular weight excluding hydrogens is 228 g/mol. The third-order valence-corrected chi connectivity index (χ3v) is 3.38. The standard InChI is InChI=1S/C15H20O3/c1-4-17-13-7-6-11(2)10-12(13)14(16)15(3)8-5-9-18-15/h6-7,10H,4-5,8-9H2,1-3H3. The molecule has 3 heteroatoms. The molecule has 0 radical (unpaired) electrons. The zero-order valence-corrected chi connectivity index (χ0v) is 11.3. The van der Waals surface area contributed by atoms with Crippen LogP contribution in [-0.2, 0) is 4.74 Å². The van der Waals surface area contributed by atoms with E-state index in [2.05, 4.69) is 0 Å². The van der Waals surface area contributed by atoms with E-state index in [9.17, 15) is 4.79 Å². The van der Waals surface area contributed by atoms with Gasteiger partial charge in [-0.15, -0.1) is 0 Å². The highest BCUT2D eigenvalue weighted by molar-refractivity contribution is 6.04. The molecule has 0 aliphatic carbocycles. The van der Waals surface area contributed by atoms with Crippen molar-refractivity contribution in [2.24, 2.45) is 0 Å². The van der Waals surface area contributed by atoms with E-state index in [1.54, 1.807) is 0 Å². The Kier molecular flexibility index (Phi) is 3.71. The monoisotopic (exact) mass is 248 g/mol. The van der Waals surface area contributed by atoms with Crippen LogP contribution in [0.25, 0.3) is 0 Å². The molecule has 2 rings (SSSR count). The van der Waals surface area contributed by atoms with Crippen LogP contribution < -0.4 is 4.74 Å². The van der Waals surface area contributed by atoms with Crippen molar-refractivity contribution in [3.63, 3.8) is 0 Å². The van der Waals surface area contributed by atoms with Gasteiger partial charge in [-0.3, -0.25) is 4.79 Å². The smallest absolute Gasteiger partial charge is 0.198 e. The van der Waals surface area contributed by atoms with Crippen LogP contribution >= 0.6 is 0 Å². The molecule has 1 heterocycles. The maximum atomic E-state index is 12.6. The lowest BCUT2D eigenvalue weighted by molar-refractivity contribution is 0.0210. The minimum Gasteiger partial charge on any atom is -0.493 e. The molecule has 0 saturated carbocycles. The summed E-state index contributed by atoms with van der Waals surface area (Å²) in [6, 6.07) is 5.71. The normalized spacial score (nSPS) is 23.1. The van der Waals surface area contributed by atoms with Gasteiger partial charge in [-0.05, 0) is 45.7 Å². The van der Waals surface area contributed by atoms with Crippen molar-refractivity contribution >= 4 is 5.78 Å². The molecule has 1 aliphatic heterocycles. The maximum absolute atomic E-state index is 12.6. The molecular formula is C15H20O3. The van der Waals surface area contributed by atoms with Gasteiger partial charge in [0.2, 0.25) is 0 Å². The van der Waals surface area contributed by atoms with Gasteiger partial charge in [-0.25, -0.2) is 0 Å². The van der Waals surface area contributed by atoms with E-state index >= 15 is 0 Å². The van der Waals surface area contributed by atoms with E-state index in [1.165, 1.54) is 0 Å². The molecule has 1 aromatic rings. The number of hydrogen-bond acceptors (Lipinski definition) is 3. The fraction of sp³-hybridized carbons (Fsp3) is 0.533. The third kappa shape index (κ3) is 2.41. The minimum absolute atomic E-state index is 0.0344. The average Bonchev–Trinajstić information content (AvgIpc) is 2.79. The fourth-order valence-corrected chi connectivity index (χ4v) is 2.35. The van der Waals surface area contributed by atoms with Gasteiger partial charge in [0.1, 0.15) is 11.4 Å². The van der Waals surface area contributed by atoms with E-state index in [-0.39, 0.29) is 5.78 Å². The summed E-state index contributed by atoms with van der Waals surface area (Å²) in [7, 11) is 0. The predicted molar refractivity (Wildman–Crippen MR) is 70.3 cm³/mol. The Morgan fingerprint density at radius 1 is 1.50 bits per heavy atom. The maximum Gasteiger partial charge on any atom is 0.198 e.